The zero-order valence-corrected chi connectivity index (χ0v) is 19.7. The molecular formula is C22H35N3O5S. The number of likely N-dealkylation sites (N-methyl/N-ethyl adjacent to an activating group) is 1. The van der Waals surface area contributed by atoms with E-state index in [2.05, 4.69) is 16.7 Å². The summed E-state index contributed by atoms with van der Waals surface area (Å²) < 4.78 is 38.8. The largest absolute Gasteiger partial charge is 0.457 e. The van der Waals surface area contributed by atoms with Gasteiger partial charge in [0.1, 0.15) is 6.10 Å². The number of ether oxygens (including phenoxy) is 2. The van der Waals surface area contributed by atoms with Gasteiger partial charge in [-0.15, -0.1) is 0 Å². The van der Waals surface area contributed by atoms with Crippen LogP contribution in [0.3, 0.4) is 0 Å². The van der Waals surface area contributed by atoms with Crippen molar-refractivity contribution in [2.45, 2.75) is 44.6 Å². The molecule has 1 aromatic rings. The van der Waals surface area contributed by atoms with E-state index in [0.29, 0.717) is 57.2 Å². The summed E-state index contributed by atoms with van der Waals surface area (Å²) >= 11 is 0. The third-order valence-electron chi connectivity index (χ3n) is 6.07. The Morgan fingerprint density at radius 1 is 1.16 bits per heavy atom. The first kappa shape index (κ1) is 24.0. The quantitative estimate of drug-likeness (QED) is 0.558. The fourth-order valence-electron chi connectivity index (χ4n) is 4.24. The number of hydrogen-bond donors (Lipinski definition) is 0. The van der Waals surface area contributed by atoms with Crippen LogP contribution in [0, 0.1) is 0 Å². The molecule has 0 amide bonds. The summed E-state index contributed by atoms with van der Waals surface area (Å²) in [4.78, 5) is 17.7. The molecule has 0 aromatic heterocycles. The molecule has 2 fully saturated rings. The highest BCUT2D eigenvalue weighted by Gasteiger charge is 2.29. The molecule has 1 atom stereocenters. The zero-order valence-electron chi connectivity index (χ0n) is 18.9. The number of hydrogen-bond acceptors (Lipinski definition) is 7. The zero-order chi connectivity index (χ0) is 22.4. The summed E-state index contributed by atoms with van der Waals surface area (Å²) in [5.41, 5.74) is 1.01. The molecule has 0 saturated carbocycles. The number of benzene rings is 1. The SMILES string of the molecule is CCN1CCCC(OC(=O)c2cc(S(=O)(=O)N(CC)CC)ccc2N2CCOCC2)C1. The Balaban J connectivity index is 1.93. The lowest BCUT2D eigenvalue weighted by atomic mass is 10.1. The van der Waals surface area contributed by atoms with Crippen LogP contribution in [0.1, 0.15) is 44.0 Å². The molecule has 0 bridgehead atoms. The number of anilines is 1. The lowest BCUT2D eigenvalue weighted by Gasteiger charge is -2.33. The van der Waals surface area contributed by atoms with Gasteiger partial charge in [-0.25, -0.2) is 13.2 Å². The molecule has 0 spiro atoms. The van der Waals surface area contributed by atoms with Crippen molar-refractivity contribution in [1.82, 2.24) is 9.21 Å². The Labute approximate surface area is 186 Å². The second kappa shape index (κ2) is 10.8. The van der Waals surface area contributed by atoms with Gasteiger partial charge in [0.15, 0.2) is 0 Å². The number of carbonyl (C=O) groups is 1. The monoisotopic (exact) mass is 453 g/mol. The fraction of sp³-hybridized carbons (Fsp3) is 0.682. The van der Waals surface area contributed by atoms with Crippen molar-refractivity contribution in [1.29, 1.82) is 0 Å². The average molecular weight is 454 g/mol. The van der Waals surface area contributed by atoms with Crippen LogP contribution in [0.5, 0.6) is 0 Å². The van der Waals surface area contributed by atoms with Gasteiger partial charge in [-0.05, 0) is 44.1 Å². The van der Waals surface area contributed by atoms with Crippen molar-refractivity contribution in [3.63, 3.8) is 0 Å². The number of carbonyl (C=O) groups excluding carboxylic acids is 1. The molecule has 31 heavy (non-hydrogen) atoms. The molecule has 2 aliphatic rings. The summed E-state index contributed by atoms with van der Waals surface area (Å²) in [6.07, 6.45) is 1.63. The Morgan fingerprint density at radius 2 is 1.87 bits per heavy atom. The lowest BCUT2D eigenvalue weighted by molar-refractivity contribution is 0.00774. The first-order valence-corrected chi connectivity index (χ1v) is 12.7. The first-order valence-electron chi connectivity index (χ1n) is 11.3. The number of nitrogens with zero attached hydrogens (tertiary/aromatic N) is 3. The summed E-state index contributed by atoms with van der Waals surface area (Å²) in [5.74, 6) is -0.457. The van der Waals surface area contributed by atoms with E-state index in [-0.39, 0.29) is 11.0 Å². The Bertz CT molecular complexity index is 851. The van der Waals surface area contributed by atoms with Crippen molar-refractivity contribution in [3.05, 3.63) is 23.8 Å². The molecule has 2 aliphatic heterocycles. The van der Waals surface area contributed by atoms with Gasteiger partial charge in [-0.1, -0.05) is 20.8 Å². The van der Waals surface area contributed by atoms with E-state index in [1.165, 1.54) is 10.4 Å². The molecule has 1 aromatic carbocycles. The molecule has 0 aliphatic carbocycles. The van der Waals surface area contributed by atoms with Crippen LogP contribution in [0.25, 0.3) is 0 Å². The van der Waals surface area contributed by atoms with Crippen LogP contribution in [0.15, 0.2) is 23.1 Å². The minimum atomic E-state index is -3.68. The van der Waals surface area contributed by atoms with Crippen molar-refractivity contribution >= 4 is 21.7 Å². The summed E-state index contributed by atoms with van der Waals surface area (Å²) in [7, 11) is -3.68. The number of likely N-dealkylation sites (tertiary alicyclic amines) is 1. The molecule has 2 heterocycles. The smallest absolute Gasteiger partial charge is 0.340 e. The van der Waals surface area contributed by atoms with Gasteiger partial charge < -0.3 is 14.4 Å². The average Bonchev–Trinajstić information content (AvgIpc) is 2.80. The molecule has 8 nitrogen and oxygen atoms in total. The topological polar surface area (TPSA) is 79.4 Å². The predicted molar refractivity (Wildman–Crippen MR) is 120 cm³/mol. The van der Waals surface area contributed by atoms with E-state index in [1.807, 2.05) is 0 Å². The number of piperidine rings is 1. The maximum Gasteiger partial charge on any atom is 0.340 e. The Morgan fingerprint density at radius 3 is 2.52 bits per heavy atom. The highest BCUT2D eigenvalue weighted by atomic mass is 32.2. The maximum atomic E-state index is 13.3. The maximum absolute atomic E-state index is 13.3. The third-order valence-corrected chi connectivity index (χ3v) is 8.11. The van der Waals surface area contributed by atoms with Gasteiger partial charge in [-0.2, -0.15) is 4.31 Å². The van der Waals surface area contributed by atoms with Gasteiger partial charge in [0.25, 0.3) is 0 Å². The number of morpholine rings is 1. The minimum Gasteiger partial charge on any atom is -0.457 e. The third kappa shape index (κ3) is 5.58. The normalized spacial score (nSPS) is 20.8. The van der Waals surface area contributed by atoms with Gasteiger partial charge in [0.05, 0.1) is 29.4 Å². The van der Waals surface area contributed by atoms with E-state index >= 15 is 0 Å². The van der Waals surface area contributed by atoms with Gasteiger partial charge >= 0.3 is 5.97 Å². The highest BCUT2D eigenvalue weighted by molar-refractivity contribution is 7.89. The van der Waals surface area contributed by atoms with E-state index < -0.39 is 16.0 Å². The molecule has 2 saturated heterocycles. The molecule has 3 rings (SSSR count). The van der Waals surface area contributed by atoms with E-state index in [4.69, 9.17) is 9.47 Å². The number of rotatable bonds is 8. The number of sulfonamides is 1. The van der Waals surface area contributed by atoms with Gasteiger partial charge in [0.2, 0.25) is 10.0 Å². The molecule has 0 radical (unpaired) electrons. The van der Waals surface area contributed by atoms with E-state index in [0.717, 1.165) is 25.9 Å². The molecule has 1 unspecified atom stereocenters. The van der Waals surface area contributed by atoms with Crippen molar-refractivity contribution in [2.75, 3.05) is 63.9 Å². The summed E-state index contributed by atoms with van der Waals surface area (Å²) in [6.45, 7) is 11.6. The number of esters is 1. The Hall–Kier alpha value is -1.68. The van der Waals surface area contributed by atoms with Crippen LogP contribution >= 0.6 is 0 Å². The van der Waals surface area contributed by atoms with Crippen LogP contribution in [-0.4, -0.2) is 88.7 Å². The fourth-order valence-corrected chi connectivity index (χ4v) is 5.73. The van der Waals surface area contributed by atoms with Gasteiger partial charge in [-0.3, -0.25) is 4.90 Å². The van der Waals surface area contributed by atoms with E-state index in [1.54, 1.807) is 26.0 Å². The molecule has 0 N–H and O–H groups in total. The van der Waals surface area contributed by atoms with Crippen LogP contribution < -0.4 is 4.90 Å². The molecule has 174 valence electrons. The molecular weight excluding hydrogens is 418 g/mol. The summed E-state index contributed by atoms with van der Waals surface area (Å²) in [5, 5.41) is 0. The van der Waals surface area contributed by atoms with Crippen LogP contribution in [0.4, 0.5) is 5.69 Å². The second-order valence-electron chi connectivity index (χ2n) is 7.93. The first-order chi connectivity index (χ1) is 14.9. The highest BCUT2D eigenvalue weighted by Crippen LogP contribution is 2.28. The minimum absolute atomic E-state index is 0.124. The predicted octanol–water partition coefficient (Wildman–Crippen LogP) is 2.19. The van der Waals surface area contributed by atoms with Crippen LogP contribution in [-0.2, 0) is 19.5 Å². The van der Waals surface area contributed by atoms with Crippen molar-refractivity contribution < 1.29 is 22.7 Å². The standard InChI is InChI=1S/C22H35N3O5S/c1-4-23-11-7-8-18(17-23)30-22(26)20-16-19(31(27,28)25(5-2)6-3)9-10-21(20)24-12-14-29-15-13-24/h9-10,16,18H,4-8,11-15,17H2,1-3H3. The van der Waals surface area contributed by atoms with E-state index in [9.17, 15) is 13.2 Å². The second-order valence-corrected chi connectivity index (χ2v) is 9.87. The van der Waals surface area contributed by atoms with Crippen molar-refractivity contribution in [2.24, 2.45) is 0 Å². The van der Waals surface area contributed by atoms with Crippen molar-refractivity contribution in [3.8, 4) is 0 Å². The summed E-state index contributed by atoms with van der Waals surface area (Å²) in [6, 6.07) is 4.81. The molecule has 9 heteroatoms. The Kier molecular flexibility index (Phi) is 8.32. The van der Waals surface area contributed by atoms with Gasteiger partial charge in [0, 0.05) is 32.7 Å². The van der Waals surface area contributed by atoms with Crippen LogP contribution in [0.2, 0.25) is 0 Å². The lowest BCUT2D eigenvalue weighted by Crippen LogP contribution is -2.41.